The van der Waals surface area contributed by atoms with Gasteiger partial charge in [-0.2, -0.15) is 0 Å². The van der Waals surface area contributed by atoms with E-state index in [1.165, 1.54) is 0 Å². The molecule has 0 amide bonds. The molecule has 0 nitrogen and oxygen atoms in total. The molecule has 0 bridgehead atoms. The van der Waals surface area contributed by atoms with E-state index in [1.807, 2.05) is 0 Å². The molecule has 0 spiro atoms. The Morgan fingerprint density at radius 2 is 1.25 bits per heavy atom. The zero-order valence-electron chi connectivity index (χ0n) is 5.06. The Morgan fingerprint density at radius 3 is 1.25 bits per heavy atom. The maximum atomic E-state index is 0. The second-order valence-electron chi connectivity index (χ2n) is 0. The van der Waals surface area contributed by atoms with Crippen LogP contribution in [-0.4, -0.2) is 66.2 Å². The first-order chi connectivity index (χ1) is 0. The third-order valence-corrected chi connectivity index (χ3v) is 0. The predicted molar refractivity (Wildman–Crippen MR) is 19.0 cm³/mol. The molecule has 0 aliphatic heterocycles. The fraction of sp³-hybridized carbons (Fsp3) is 0. The monoisotopic (exact) mass is 250 g/mol. The summed E-state index contributed by atoms with van der Waals surface area (Å²) in [7, 11) is 0. The van der Waals surface area contributed by atoms with Crippen LogP contribution in [0.4, 0.5) is 0 Å². The van der Waals surface area contributed by atoms with Crippen molar-refractivity contribution in [2.45, 2.75) is 0 Å². The van der Waals surface area contributed by atoms with Crippen LogP contribution in [0.1, 0.15) is 4.28 Å². The Labute approximate surface area is 114 Å². The molecular weight excluding hydrogens is 243 g/mol. The summed E-state index contributed by atoms with van der Waals surface area (Å²) in [6.45, 7) is 0. The number of hydrogen-bond donors (Lipinski definition) is 0. The van der Waals surface area contributed by atoms with Gasteiger partial charge in [-0.15, -0.1) is 0 Å². The molecule has 4 heavy (non-hydrogen) atoms. The van der Waals surface area contributed by atoms with E-state index in [4.69, 9.17) is 0 Å². The van der Waals surface area contributed by atoms with Crippen LogP contribution in [0.2, 0.25) is 0 Å². The first-order valence-electron chi connectivity index (χ1n) is 0. The van der Waals surface area contributed by atoms with Crippen LogP contribution >= 0.6 is 0 Å². The molecule has 0 aliphatic carbocycles. The van der Waals surface area contributed by atoms with Crippen molar-refractivity contribution in [1.82, 2.24) is 0 Å². The third kappa shape index (κ3) is 9.16. The Balaban J connectivity index is 0. The van der Waals surface area contributed by atoms with Gasteiger partial charge in [-0.3, -0.25) is 0 Å². The number of hydrogen-bond acceptors (Lipinski definition) is 0. The van der Waals surface area contributed by atoms with Crippen LogP contribution in [0.5, 0.6) is 0 Å². The van der Waals surface area contributed by atoms with Crippen molar-refractivity contribution in [3.63, 3.8) is 0 Å². The molecule has 0 aromatic heterocycles. The Bertz CT molecular complexity index is 14.9. The first kappa shape index (κ1) is 25.5. The van der Waals surface area contributed by atoms with Crippen LogP contribution < -0.4 is 29.6 Å². The predicted octanol–water partition coefficient (Wildman–Crippen LogP) is -4.23. The van der Waals surface area contributed by atoms with Gasteiger partial charge in [0.15, 0.2) is 17.4 Å². The molecule has 0 saturated carbocycles. The molecule has 0 saturated heterocycles. The minimum absolute atomic E-state index is 0. The minimum Gasteiger partial charge on any atom is -1.00 e. The van der Waals surface area contributed by atoms with Crippen molar-refractivity contribution in [3.8, 4) is 0 Å². The summed E-state index contributed by atoms with van der Waals surface area (Å²) in [4.78, 5) is 0. The summed E-state index contributed by atoms with van der Waals surface area (Å²) in [6.07, 6.45) is 0. The summed E-state index contributed by atoms with van der Waals surface area (Å²) >= 11 is 0. The van der Waals surface area contributed by atoms with Crippen LogP contribution in [0.25, 0.3) is 0 Å². The summed E-state index contributed by atoms with van der Waals surface area (Å²) in [5.74, 6) is 0. The fourth-order valence-electron chi connectivity index (χ4n) is 0. The molecule has 0 aliphatic rings. The van der Waals surface area contributed by atoms with Crippen molar-refractivity contribution < 1.29 is 50.9 Å². The van der Waals surface area contributed by atoms with Crippen molar-refractivity contribution in [1.29, 1.82) is 0 Å². The van der Waals surface area contributed by atoms with Gasteiger partial charge in [0.1, 0.15) is 0 Å². The molecule has 0 aromatic rings. The topological polar surface area (TPSA) is 0 Å². The molecule has 4 heteroatoms. The van der Waals surface area contributed by atoms with Crippen molar-refractivity contribution in [2.75, 3.05) is 0 Å². The standard InChI is InChI=1S/Al.Ba.Fe.Na.6H/q;+2;;+1;;;;3*-1. The van der Waals surface area contributed by atoms with E-state index >= 15 is 0 Å². The van der Waals surface area contributed by atoms with E-state index in [9.17, 15) is 0 Å². The SMILES string of the molecule is [AlH3].[Ba+2].[Fe].[H-].[H-].[H-].[Na+]. The van der Waals surface area contributed by atoms with Gasteiger partial charge in [0.05, 0.1) is 0 Å². The molecule has 20 valence electrons. The molecule has 0 atom stereocenters. The summed E-state index contributed by atoms with van der Waals surface area (Å²) in [5, 5.41) is 0. The van der Waals surface area contributed by atoms with Gasteiger partial charge in [-0.25, -0.2) is 0 Å². The van der Waals surface area contributed by atoms with Crippen LogP contribution in [0.3, 0.4) is 0 Å². The van der Waals surface area contributed by atoms with Crippen molar-refractivity contribution in [3.05, 3.63) is 0 Å². The Morgan fingerprint density at radius 1 is 1.25 bits per heavy atom. The van der Waals surface area contributed by atoms with Gasteiger partial charge >= 0.3 is 78.4 Å². The van der Waals surface area contributed by atoms with E-state index in [2.05, 4.69) is 0 Å². The molecular formula is H6AlBaFeNa. The van der Waals surface area contributed by atoms with Gasteiger partial charge in [0.25, 0.3) is 0 Å². The third-order valence-electron chi connectivity index (χ3n) is 0. The molecule has 0 radical (unpaired) electrons. The largest absolute Gasteiger partial charge is 2.00 e. The zero-order chi connectivity index (χ0) is 0. The quantitative estimate of drug-likeness (QED) is 0.382. The maximum Gasteiger partial charge on any atom is 2.00 e. The Hall–Kier alpha value is 3.62. The molecule has 0 rings (SSSR count). The Kier molecular flexibility index (Phi) is 102. The van der Waals surface area contributed by atoms with Gasteiger partial charge in [-0.05, 0) is 0 Å². The van der Waals surface area contributed by atoms with Gasteiger partial charge in [0, 0.05) is 17.1 Å². The van der Waals surface area contributed by atoms with Crippen LogP contribution in [0.15, 0.2) is 0 Å². The first-order valence-corrected chi connectivity index (χ1v) is 0. The van der Waals surface area contributed by atoms with E-state index in [-0.39, 0.29) is 117 Å². The molecule has 0 N–H and O–H groups in total. The van der Waals surface area contributed by atoms with E-state index < -0.39 is 0 Å². The fourth-order valence-corrected chi connectivity index (χ4v) is 0. The minimum atomic E-state index is 0. The van der Waals surface area contributed by atoms with Crippen LogP contribution in [-0.2, 0) is 17.1 Å². The molecule has 0 aromatic carbocycles. The molecule has 0 fully saturated rings. The smallest absolute Gasteiger partial charge is 1.00 e. The van der Waals surface area contributed by atoms with E-state index in [0.29, 0.717) is 0 Å². The number of rotatable bonds is 0. The van der Waals surface area contributed by atoms with Gasteiger partial charge in [-0.1, -0.05) is 0 Å². The summed E-state index contributed by atoms with van der Waals surface area (Å²) in [5.41, 5.74) is 0. The average Bonchev–Trinajstić information content (AvgIpc) is 0. The van der Waals surface area contributed by atoms with E-state index in [1.54, 1.807) is 0 Å². The van der Waals surface area contributed by atoms with Gasteiger partial charge in [0.2, 0.25) is 0 Å². The second kappa shape index (κ2) is 16.0. The summed E-state index contributed by atoms with van der Waals surface area (Å²) in [6, 6.07) is 0. The van der Waals surface area contributed by atoms with Gasteiger partial charge < -0.3 is 4.28 Å². The van der Waals surface area contributed by atoms with Crippen LogP contribution in [0, 0.1) is 0 Å². The molecule has 0 unspecified atom stereocenters. The second-order valence-corrected chi connectivity index (χ2v) is 0. The maximum absolute atomic E-state index is 0. The summed E-state index contributed by atoms with van der Waals surface area (Å²) < 4.78 is 0. The van der Waals surface area contributed by atoms with E-state index in [0.717, 1.165) is 0 Å². The molecule has 0 heterocycles. The zero-order valence-corrected chi connectivity index (χ0v) is 9.61. The van der Waals surface area contributed by atoms with Crippen molar-refractivity contribution >= 4 is 66.2 Å². The van der Waals surface area contributed by atoms with Crippen molar-refractivity contribution in [2.24, 2.45) is 0 Å². The normalized spacial score (nSPS) is 0. The average molecular weight is 249 g/mol.